The highest BCUT2D eigenvalue weighted by molar-refractivity contribution is 6.62. The normalized spacial score (nSPS) is 20.7. The van der Waals surface area contributed by atoms with E-state index in [-0.39, 0.29) is 0 Å². The Bertz CT molecular complexity index is 2150. The molecular formula is C39H31BO3. The molecule has 2 aliphatic carbocycles. The molecule has 1 aromatic heterocycles. The lowest BCUT2D eigenvalue weighted by Crippen LogP contribution is -2.41. The van der Waals surface area contributed by atoms with Crippen LogP contribution in [0.25, 0.3) is 45.2 Å². The van der Waals surface area contributed by atoms with Gasteiger partial charge in [-0.2, -0.15) is 0 Å². The Morgan fingerprint density at radius 1 is 0.512 bits per heavy atom. The summed E-state index contributed by atoms with van der Waals surface area (Å²) in [6.07, 6.45) is 4.52. The lowest BCUT2D eigenvalue weighted by molar-refractivity contribution is 0.00578. The zero-order valence-corrected chi connectivity index (χ0v) is 24.8. The Labute approximate surface area is 251 Å². The molecule has 1 spiro atoms. The highest BCUT2D eigenvalue weighted by Crippen LogP contribution is 2.59. The molecule has 0 saturated carbocycles. The summed E-state index contributed by atoms with van der Waals surface area (Å²) in [6, 6.07) is 37.5. The zero-order valence-electron chi connectivity index (χ0n) is 24.8. The minimum absolute atomic E-state index is 0.404. The van der Waals surface area contributed by atoms with Crippen molar-refractivity contribution >= 4 is 46.7 Å². The maximum Gasteiger partial charge on any atom is 0.494 e. The van der Waals surface area contributed by atoms with Crippen LogP contribution in [0.4, 0.5) is 0 Å². The fourth-order valence-corrected chi connectivity index (χ4v) is 7.57. The van der Waals surface area contributed by atoms with Crippen LogP contribution in [0.2, 0.25) is 0 Å². The molecule has 3 aliphatic rings. The molecule has 6 aromatic rings. The van der Waals surface area contributed by atoms with Crippen LogP contribution in [-0.2, 0) is 14.7 Å². The van der Waals surface area contributed by atoms with Crippen molar-refractivity contribution in [3.05, 3.63) is 137 Å². The Kier molecular flexibility index (Phi) is 4.90. The van der Waals surface area contributed by atoms with Gasteiger partial charge in [-0.1, -0.05) is 97.1 Å². The summed E-state index contributed by atoms with van der Waals surface area (Å²) in [5.74, 6) is 0. The summed E-state index contributed by atoms with van der Waals surface area (Å²) in [7, 11) is -0.427. The molecule has 1 fully saturated rings. The van der Waals surface area contributed by atoms with Crippen molar-refractivity contribution in [3.63, 3.8) is 0 Å². The van der Waals surface area contributed by atoms with Gasteiger partial charge in [0.15, 0.2) is 0 Å². The average Bonchev–Trinajstić information content (AvgIpc) is 3.54. The van der Waals surface area contributed by atoms with Gasteiger partial charge in [-0.25, -0.2) is 0 Å². The zero-order chi connectivity index (χ0) is 29.1. The second kappa shape index (κ2) is 8.38. The van der Waals surface area contributed by atoms with Gasteiger partial charge in [0.1, 0.15) is 11.2 Å². The molecule has 1 aliphatic heterocycles. The third-order valence-corrected chi connectivity index (χ3v) is 10.4. The van der Waals surface area contributed by atoms with E-state index in [2.05, 4.69) is 137 Å². The maximum absolute atomic E-state index is 6.49. The second-order valence-corrected chi connectivity index (χ2v) is 13.1. The van der Waals surface area contributed by atoms with Crippen molar-refractivity contribution in [2.45, 2.75) is 44.3 Å². The maximum atomic E-state index is 6.49. The van der Waals surface area contributed by atoms with Crippen LogP contribution in [0.1, 0.15) is 61.1 Å². The lowest BCUT2D eigenvalue weighted by atomic mass is 9.65. The predicted molar refractivity (Wildman–Crippen MR) is 176 cm³/mol. The van der Waals surface area contributed by atoms with E-state index in [0.717, 1.165) is 33.0 Å². The average molecular weight is 558 g/mol. The fraction of sp³-hybridized carbons (Fsp3) is 0.179. The summed E-state index contributed by atoms with van der Waals surface area (Å²) >= 11 is 0. The van der Waals surface area contributed by atoms with Crippen molar-refractivity contribution in [3.8, 4) is 11.1 Å². The second-order valence-electron chi connectivity index (χ2n) is 13.1. The summed E-state index contributed by atoms with van der Waals surface area (Å²) in [5, 5.41) is 2.30. The summed E-state index contributed by atoms with van der Waals surface area (Å²) in [6.45, 7) is 8.42. The van der Waals surface area contributed by atoms with Gasteiger partial charge in [0.25, 0.3) is 0 Å². The van der Waals surface area contributed by atoms with Gasteiger partial charge in [-0.3, -0.25) is 0 Å². The van der Waals surface area contributed by atoms with Gasteiger partial charge in [-0.15, -0.1) is 0 Å². The largest absolute Gasteiger partial charge is 0.494 e. The molecule has 4 heteroatoms. The van der Waals surface area contributed by atoms with Crippen LogP contribution in [0.15, 0.2) is 108 Å². The van der Waals surface area contributed by atoms with E-state index in [1.165, 1.54) is 38.9 Å². The van der Waals surface area contributed by atoms with E-state index in [1.54, 1.807) is 0 Å². The van der Waals surface area contributed by atoms with Crippen LogP contribution in [0.3, 0.4) is 0 Å². The fourth-order valence-electron chi connectivity index (χ4n) is 7.57. The molecule has 3 nitrogen and oxygen atoms in total. The number of hydrogen-bond acceptors (Lipinski definition) is 3. The predicted octanol–water partition coefficient (Wildman–Crippen LogP) is 8.73. The first-order valence-corrected chi connectivity index (χ1v) is 15.1. The van der Waals surface area contributed by atoms with E-state index in [9.17, 15) is 0 Å². The molecule has 5 aromatic carbocycles. The number of para-hydroxylation sites is 1. The SMILES string of the molecule is CC1(C)OB(c2ccc3c(c2)C=Cc2ccccc2C32c3ccccc3-c3cc4c(cc32)oc2ccccc24)OC1(C)C. The van der Waals surface area contributed by atoms with Crippen molar-refractivity contribution in [1.29, 1.82) is 0 Å². The molecule has 0 radical (unpaired) electrons. The molecule has 208 valence electrons. The van der Waals surface area contributed by atoms with Crippen LogP contribution in [0.5, 0.6) is 0 Å². The van der Waals surface area contributed by atoms with Crippen LogP contribution in [-0.4, -0.2) is 18.3 Å². The third-order valence-electron chi connectivity index (χ3n) is 10.4. The third kappa shape index (κ3) is 3.23. The minimum atomic E-state index is -0.525. The van der Waals surface area contributed by atoms with E-state index < -0.39 is 23.7 Å². The molecule has 2 heterocycles. The van der Waals surface area contributed by atoms with Gasteiger partial charge in [0.05, 0.1) is 16.6 Å². The molecule has 1 saturated heterocycles. The minimum Gasteiger partial charge on any atom is -0.456 e. The summed E-state index contributed by atoms with van der Waals surface area (Å²) in [5.41, 5.74) is 11.5. The van der Waals surface area contributed by atoms with E-state index in [0.29, 0.717) is 0 Å². The molecule has 43 heavy (non-hydrogen) atoms. The molecule has 1 atom stereocenters. The molecule has 1 unspecified atom stereocenters. The van der Waals surface area contributed by atoms with Crippen molar-refractivity contribution in [2.75, 3.05) is 0 Å². The van der Waals surface area contributed by atoms with Gasteiger partial charge in [0.2, 0.25) is 0 Å². The number of benzene rings is 5. The van der Waals surface area contributed by atoms with E-state index in [4.69, 9.17) is 13.7 Å². The molecule has 0 N–H and O–H groups in total. The quantitative estimate of drug-likeness (QED) is 0.189. The van der Waals surface area contributed by atoms with Gasteiger partial charge >= 0.3 is 7.12 Å². The number of fused-ring (bicyclic) bond motifs is 12. The number of hydrogen-bond donors (Lipinski definition) is 0. The van der Waals surface area contributed by atoms with Crippen molar-refractivity contribution in [1.82, 2.24) is 0 Å². The van der Waals surface area contributed by atoms with Gasteiger partial charge in [0, 0.05) is 10.8 Å². The highest BCUT2D eigenvalue weighted by atomic mass is 16.7. The van der Waals surface area contributed by atoms with E-state index in [1.807, 2.05) is 6.07 Å². The molecule has 0 amide bonds. The standard InChI is InChI=1S/C39H31BO3/c1-37(2)38(3,4)43-40(42-37)26-19-20-32-25(21-26)18-17-24-11-5-8-14-31(24)39(32)33-15-9-6-12-27(33)29-22-30-28-13-7-10-16-35(28)41-36(30)23-34(29)39/h5-23H,1-4H3. The first-order valence-electron chi connectivity index (χ1n) is 15.1. The smallest absolute Gasteiger partial charge is 0.456 e. The van der Waals surface area contributed by atoms with Crippen LogP contribution >= 0.6 is 0 Å². The summed E-state index contributed by atoms with van der Waals surface area (Å²) in [4.78, 5) is 0. The van der Waals surface area contributed by atoms with Gasteiger partial charge in [-0.05, 0) is 95.9 Å². The van der Waals surface area contributed by atoms with Crippen LogP contribution < -0.4 is 5.46 Å². The molecule has 0 bridgehead atoms. The molecular weight excluding hydrogens is 527 g/mol. The first-order chi connectivity index (χ1) is 20.8. The Morgan fingerprint density at radius 2 is 1.19 bits per heavy atom. The number of furan rings is 1. The van der Waals surface area contributed by atoms with Crippen molar-refractivity contribution in [2.24, 2.45) is 0 Å². The lowest BCUT2D eigenvalue weighted by Gasteiger charge is -2.35. The molecule has 9 rings (SSSR count). The number of rotatable bonds is 1. The van der Waals surface area contributed by atoms with Gasteiger partial charge < -0.3 is 13.7 Å². The highest BCUT2D eigenvalue weighted by Gasteiger charge is 2.53. The monoisotopic (exact) mass is 558 g/mol. The van der Waals surface area contributed by atoms with E-state index >= 15 is 0 Å². The Morgan fingerprint density at radius 3 is 2.02 bits per heavy atom. The topological polar surface area (TPSA) is 31.6 Å². The first kappa shape index (κ1) is 25.2. The van der Waals surface area contributed by atoms with Crippen molar-refractivity contribution < 1.29 is 13.7 Å². The summed E-state index contributed by atoms with van der Waals surface area (Å²) < 4.78 is 19.5. The van der Waals surface area contributed by atoms with Crippen LogP contribution in [0, 0.1) is 0 Å². The Hall–Kier alpha value is -4.38. The Balaban J connectivity index is 1.36.